The molecule has 2 rings (SSSR count). The zero-order valence-electron chi connectivity index (χ0n) is 21.5. The molecule has 1 atom stereocenters. The summed E-state index contributed by atoms with van der Waals surface area (Å²) in [6.07, 6.45) is 8.78. The van der Waals surface area contributed by atoms with E-state index in [1.165, 1.54) is 32.1 Å². The third kappa shape index (κ3) is 8.26. The highest BCUT2D eigenvalue weighted by Gasteiger charge is 2.34. The first-order chi connectivity index (χ1) is 16.4. The molecule has 1 heterocycles. The third-order valence-corrected chi connectivity index (χ3v) is 5.68. The van der Waals surface area contributed by atoms with Crippen molar-refractivity contribution in [3.63, 3.8) is 0 Å². The van der Waals surface area contributed by atoms with Crippen molar-refractivity contribution in [3.8, 4) is 11.5 Å². The Kier molecular flexibility index (Phi) is 11.8. The van der Waals surface area contributed by atoms with Crippen LogP contribution in [0.25, 0.3) is 0 Å². The summed E-state index contributed by atoms with van der Waals surface area (Å²) in [5.74, 6) is 0.828. The Hall–Kier alpha value is -2.70. The van der Waals surface area contributed by atoms with Crippen molar-refractivity contribution in [2.24, 2.45) is 0 Å². The average Bonchev–Trinajstić information content (AvgIpc) is 2.80. The van der Waals surface area contributed by atoms with E-state index < -0.39 is 12.0 Å². The number of carbonyl (C=O) groups is 2. The molecule has 2 N–H and O–H groups in total. The molecule has 0 aliphatic carbocycles. The summed E-state index contributed by atoms with van der Waals surface area (Å²) in [7, 11) is 0. The summed E-state index contributed by atoms with van der Waals surface area (Å²) in [5, 5.41) is 5.62. The maximum absolute atomic E-state index is 12.9. The lowest BCUT2D eigenvalue weighted by Crippen LogP contribution is -2.46. The number of unbranched alkanes of at least 4 members (excludes halogenated alkanes) is 6. The van der Waals surface area contributed by atoms with E-state index in [1.807, 2.05) is 32.0 Å². The maximum Gasteiger partial charge on any atom is 0.338 e. The number of hydrogen-bond acceptors (Lipinski definition) is 5. The number of rotatable bonds is 15. The molecule has 34 heavy (non-hydrogen) atoms. The molecule has 7 nitrogen and oxygen atoms in total. The maximum atomic E-state index is 12.9. The van der Waals surface area contributed by atoms with Crippen molar-refractivity contribution < 1.29 is 23.8 Å². The van der Waals surface area contributed by atoms with Gasteiger partial charge in [0.15, 0.2) is 11.5 Å². The first kappa shape index (κ1) is 27.5. The molecule has 1 aromatic rings. The molecule has 7 heteroatoms. The van der Waals surface area contributed by atoms with E-state index in [4.69, 9.17) is 14.2 Å². The van der Waals surface area contributed by atoms with Crippen LogP contribution in [-0.4, -0.2) is 31.3 Å². The van der Waals surface area contributed by atoms with E-state index in [-0.39, 0.29) is 12.1 Å². The Morgan fingerprint density at radius 2 is 1.68 bits per heavy atom. The summed E-state index contributed by atoms with van der Waals surface area (Å²) < 4.78 is 17.3. The van der Waals surface area contributed by atoms with Crippen molar-refractivity contribution in [2.45, 2.75) is 98.1 Å². The van der Waals surface area contributed by atoms with Gasteiger partial charge in [-0.05, 0) is 51.3 Å². The lowest BCUT2D eigenvalue weighted by molar-refractivity contribution is -0.143. The SMILES string of the molecule is CCCCCCCCCOc1ccc(C2NC(=O)NC(CC)=C2C(=O)OC(C)C)cc1OCC. The molecule has 190 valence electrons. The minimum atomic E-state index is -0.633. The molecule has 1 aromatic carbocycles. The Balaban J connectivity index is 2.16. The molecule has 0 radical (unpaired) electrons. The summed E-state index contributed by atoms with van der Waals surface area (Å²) in [5.41, 5.74) is 1.72. The molecular formula is C27H42N2O5. The van der Waals surface area contributed by atoms with Gasteiger partial charge in [0.05, 0.1) is 30.9 Å². The predicted octanol–water partition coefficient (Wildman–Crippen LogP) is 6.18. The fraction of sp³-hybridized carbons (Fsp3) is 0.630. The predicted molar refractivity (Wildman–Crippen MR) is 134 cm³/mol. The molecule has 1 aliphatic heterocycles. The highest BCUT2D eigenvalue weighted by molar-refractivity contribution is 5.95. The lowest BCUT2D eigenvalue weighted by atomic mass is 9.94. The summed E-state index contributed by atoms with van der Waals surface area (Å²) in [6.45, 7) is 10.8. The fourth-order valence-corrected chi connectivity index (χ4v) is 4.00. The van der Waals surface area contributed by atoms with E-state index >= 15 is 0 Å². The first-order valence-electron chi connectivity index (χ1n) is 12.8. The van der Waals surface area contributed by atoms with Gasteiger partial charge in [-0.15, -0.1) is 0 Å². The summed E-state index contributed by atoms with van der Waals surface area (Å²) in [4.78, 5) is 25.2. The second-order valence-electron chi connectivity index (χ2n) is 8.84. The monoisotopic (exact) mass is 474 g/mol. The van der Waals surface area contributed by atoms with Gasteiger partial charge in [-0.25, -0.2) is 9.59 Å². The smallest absolute Gasteiger partial charge is 0.338 e. The number of esters is 1. The number of benzene rings is 1. The molecule has 0 saturated heterocycles. The fourth-order valence-electron chi connectivity index (χ4n) is 4.00. The Morgan fingerprint density at radius 1 is 0.971 bits per heavy atom. The topological polar surface area (TPSA) is 85.9 Å². The summed E-state index contributed by atoms with van der Waals surface area (Å²) >= 11 is 0. The van der Waals surface area contributed by atoms with Gasteiger partial charge in [0.2, 0.25) is 0 Å². The minimum Gasteiger partial charge on any atom is -0.490 e. The van der Waals surface area contributed by atoms with Crippen LogP contribution in [-0.2, 0) is 9.53 Å². The lowest BCUT2D eigenvalue weighted by Gasteiger charge is -2.30. The Bertz CT molecular complexity index is 834. The van der Waals surface area contributed by atoms with Crippen LogP contribution in [0.4, 0.5) is 4.79 Å². The average molecular weight is 475 g/mol. The minimum absolute atomic E-state index is 0.266. The number of nitrogens with one attached hydrogen (secondary N) is 2. The molecular weight excluding hydrogens is 432 g/mol. The van der Waals surface area contributed by atoms with Crippen LogP contribution in [0.1, 0.15) is 97.6 Å². The summed E-state index contributed by atoms with van der Waals surface area (Å²) in [6, 6.07) is 4.59. The number of hydrogen-bond donors (Lipinski definition) is 2. The van der Waals surface area contributed by atoms with Gasteiger partial charge in [-0.3, -0.25) is 0 Å². The number of allylic oxidation sites excluding steroid dienone is 1. The van der Waals surface area contributed by atoms with E-state index in [0.29, 0.717) is 42.4 Å². The standard InChI is InChI=1S/C27H42N2O5/c1-6-9-10-11-12-13-14-17-33-22-16-15-20(18-23(22)32-8-3)25-24(26(30)34-19(4)5)21(7-2)28-27(31)29-25/h15-16,18-19,25H,6-14,17H2,1-5H3,(H2,28,29,31). The highest BCUT2D eigenvalue weighted by Crippen LogP contribution is 2.35. The normalized spacial score (nSPS) is 15.7. The number of amides is 2. The molecule has 0 fully saturated rings. The number of urea groups is 1. The molecule has 0 aromatic heterocycles. The zero-order chi connectivity index (χ0) is 24.9. The van der Waals surface area contributed by atoms with Crippen molar-refractivity contribution >= 4 is 12.0 Å². The van der Waals surface area contributed by atoms with E-state index in [0.717, 1.165) is 18.4 Å². The van der Waals surface area contributed by atoms with Gasteiger partial charge in [-0.2, -0.15) is 0 Å². The van der Waals surface area contributed by atoms with Gasteiger partial charge in [-0.1, -0.05) is 58.4 Å². The third-order valence-electron chi connectivity index (χ3n) is 5.68. The van der Waals surface area contributed by atoms with Crippen molar-refractivity contribution in [1.82, 2.24) is 10.6 Å². The second-order valence-corrected chi connectivity index (χ2v) is 8.84. The molecule has 0 saturated carbocycles. The number of carbonyl (C=O) groups excluding carboxylic acids is 2. The molecule has 0 spiro atoms. The van der Waals surface area contributed by atoms with E-state index in [2.05, 4.69) is 17.6 Å². The van der Waals surface area contributed by atoms with Crippen molar-refractivity contribution in [3.05, 3.63) is 35.0 Å². The first-order valence-corrected chi connectivity index (χ1v) is 12.8. The Morgan fingerprint density at radius 3 is 2.32 bits per heavy atom. The highest BCUT2D eigenvalue weighted by atomic mass is 16.5. The van der Waals surface area contributed by atoms with E-state index in [1.54, 1.807) is 13.8 Å². The Labute approximate surface area is 204 Å². The van der Waals surface area contributed by atoms with Gasteiger partial charge in [0.1, 0.15) is 0 Å². The second kappa shape index (κ2) is 14.5. The van der Waals surface area contributed by atoms with Gasteiger partial charge < -0.3 is 24.8 Å². The van der Waals surface area contributed by atoms with Crippen LogP contribution in [0.15, 0.2) is 29.5 Å². The van der Waals surface area contributed by atoms with Crippen molar-refractivity contribution in [2.75, 3.05) is 13.2 Å². The zero-order valence-corrected chi connectivity index (χ0v) is 21.5. The molecule has 1 aliphatic rings. The van der Waals surface area contributed by atoms with Crippen LogP contribution in [0, 0.1) is 0 Å². The van der Waals surface area contributed by atoms with Crippen LogP contribution in [0.5, 0.6) is 11.5 Å². The van der Waals surface area contributed by atoms with Crippen LogP contribution >= 0.6 is 0 Å². The van der Waals surface area contributed by atoms with Gasteiger partial charge in [0.25, 0.3) is 0 Å². The van der Waals surface area contributed by atoms with Crippen LogP contribution in [0.3, 0.4) is 0 Å². The van der Waals surface area contributed by atoms with Gasteiger partial charge in [0, 0.05) is 5.70 Å². The van der Waals surface area contributed by atoms with Crippen LogP contribution in [0.2, 0.25) is 0 Å². The molecule has 2 amide bonds. The van der Waals surface area contributed by atoms with E-state index in [9.17, 15) is 9.59 Å². The number of ether oxygens (including phenoxy) is 3. The quantitative estimate of drug-likeness (QED) is 0.234. The largest absolute Gasteiger partial charge is 0.490 e. The van der Waals surface area contributed by atoms with Crippen LogP contribution < -0.4 is 20.1 Å². The van der Waals surface area contributed by atoms with Crippen molar-refractivity contribution in [1.29, 1.82) is 0 Å². The molecule has 1 unspecified atom stereocenters. The molecule has 0 bridgehead atoms. The van der Waals surface area contributed by atoms with Gasteiger partial charge >= 0.3 is 12.0 Å².